The summed E-state index contributed by atoms with van der Waals surface area (Å²) in [5.41, 5.74) is 4.49. The minimum atomic E-state index is -0.0569. The van der Waals surface area contributed by atoms with Gasteiger partial charge in [-0.15, -0.1) is 24.0 Å². The third kappa shape index (κ3) is 7.05. The predicted octanol–water partition coefficient (Wildman–Crippen LogP) is 4.08. The predicted molar refractivity (Wildman–Crippen MR) is 136 cm³/mol. The molecular formula is C23H30IN5O. The molecular weight excluding hydrogens is 489 g/mol. The number of rotatable bonds is 8. The molecule has 7 heteroatoms. The number of carbonyl (C=O) groups is 1. The van der Waals surface area contributed by atoms with Gasteiger partial charge in [0.1, 0.15) is 0 Å². The zero-order valence-corrected chi connectivity index (χ0v) is 19.8. The van der Waals surface area contributed by atoms with Crippen LogP contribution in [-0.4, -0.2) is 36.5 Å². The fourth-order valence-electron chi connectivity index (χ4n) is 3.25. The first-order chi connectivity index (χ1) is 14.2. The molecule has 0 aliphatic carbocycles. The number of halogens is 1. The SMILES string of the molecule is CCNC(=NCCc1c[nH]c2ccccc12)NCCc1ccc(NC(C)=O)cc1.I. The van der Waals surface area contributed by atoms with E-state index in [4.69, 9.17) is 4.99 Å². The molecule has 0 saturated heterocycles. The molecule has 0 saturated carbocycles. The molecule has 4 N–H and O–H groups in total. The molecule has 30 heavy (non-hydrogen) atoms. The van der Waals surface area contributed by atoms with Crippen LogP contribution in [0.1, 0.15) is 25.0 Å². The van der Waals surface area contributed by atoms with Crippen LogP contribution in [-0.2, 0) is 17.6 Å². The summed E-state index contributed by atoms with van der Waals surface area (Å²) in [5.74, 6) is 0.778. The highest BCUT2D eigenvalue weighted by molar-refractivity contribution is 14.0. The van der Waals surface area contributed by atoms with Gasteiger partial charge in [0.15, 0.2) is 5.96 Å². The molecule has 3 rings (SSSR count). The average molecular weight is 519 g/mol. The van der Waals surface area contributed by atoms with Crippen molar-refractivity contribution in [3.63, 3.8) is 0 Å². The van der Waals surface area contributed by atoms with E-state index in [0.29, 0.717) is 0 Å². The number of fused-ring (bicyclic) bond motifs is 1. The Morgan fingerprint density at radius 3 is 2.53 bits per heavy atom. The Bertz CT molecular complexity index is 965. The molecule has 0 fully saturated rings. The highest BCUT2D eigenvalue weighted by atomic mass is 127. The minimum absolute atomic E-state index is 0. The van der Waals surface area contributed by atoms with Gasteiger partial charge in [-0.2, -0.15) is 0 Å². The summed E-state index contributed by atoms with van der Waals surface area (Å²) in [5, 5.41) is 10.7. The van der Waals surface area contributed by atoms with Gasteiger partial charge >= 0.3 is 0 Å². The molecule has 1 amide bonds. The molecule has 0 unspecified atom stereocenters. The summed E-state index contributed by atoms with van der Waals surface area (Å²) in [6, 6.07) is 16.3. The summed E-state index contributed by atoms with van der Waals surface area (Å²) >= 11 is 0. The van der Waals surface area contributed by atoms with Crippen LogP contribution in [0, 0.1) is 0 Å². The van der Waals surface area contributed by atoms with Gasteiger partial charge in [-0.1, -0.05) is 30.3 Å². The van der Waals surface area contributed by atoms with Gasteiger partial charge < -0.3 is 20.9 Å². The summed E-state index contributed by atoms with van der Waals surface area (Å²) < 4.78 is 0. The lowest BCUT2D eigenvalue weighted by molar-refractivity contribution is -0.114. The van der Waals surface area contributed by atoms with Gasteiger partial charge in [0.2, 0.25) is 5.91 Å². The van der Waals surface area contributed by atoms with E-state index in [-0.39, 0.29) is 29.9 Å². The summed E-state index contributed by atoms with van der Waals surface area (Å²) in [4.78, 5) is 19.1. The van der Waals surface area contributed by atoms with Crippen molar-refractivity contribution in [1.29, 1.82) is 0 Å². The normalized spacial score (nSPS) is 11.1. The highest BCUT2D eigenvalue weighted by Gasteiger charge is 2.03. The van der Waals surface area contributed by atoms with E-state index in [9.17, 15) is 4.79 Å². The van der Waals surface area contributed by atoms with E-state index >= 15 is 0 Å². The number of para-hydroxylation sites is 1. The molecule has 0 aliphatic rings. The summed E-state index contributed by atoms with van der Waals surface area (Å²) in [7, 11) is 0. The van der Waals surface area contributed by atoms with Crippen LogP contribution in [0.2, 0.25) is 0 Å². The number of nitrogens with zero attached hydrogens (tertiary/aromatic N) is 1. The van der Waals surface area contributed by atoms with E-state index in [0.717, 1.165) is 44.1 Å². The molecule has 2 aromatic carbocycles. The number of aromatic nitrogens is 1. The van der Waals surface area contributed by atoms with Crippen LogP contribution in [0.25, 0.3) is 10.9 Å². The Balaban J connectivity index is 0.00000320. The third-order valence-electron chi connectivity index (χ3n) is 4.65. The third-order valence-corrected chi connectivity index (χ3v) is 4.65. The Morgan fingerprint density at radius 1 is 1.03 bits per heavy atom. The fraction of sp³-hybridized carbons (Fsp3) is 0.304. The molecule has 0 spiro atoms. The molecule has 1 aromatic heterocycles. The largest absolute Gasteiger partial charge is 0.361 e. The van der Waals surface area contributed by atoms with Gasteiger partial charge in [0.05, 0.1) is 0 Å². The maximum absolute atomic E-state index is 11.1. The fourth-order valence-corrected chi connectivity index (χ4v) is 3.25. The van der Waals surface area contributed by atoms with E-state index in [1.807, 2.05) is 30.3 Å². The first kappa shape index (κ1) is 23.7. The Morgan fingerprint density at radius 2 is 1.80 bits per heavy atom. The number of amides is 1. The number of hydrogen-bond acceptors (Lipinski definition) is 2. The van der Waals surface area contributed by atoms with Gasteiger partial charge in [-0.05, 0) is 49.1 Å². The Hall–Kier alpha value is -2.55. The van der Waals surface area contributed by atoms with E-state index in [1.54, 1.807) is 0 Å². The first-order valence-corrected chi connectivity index (χ1v) is 10.1. The molecule has 0 radical (unpaired) electrons. The van der Waals surface area contributed by atoms with E-state index in [2.05, 4.69) is 52.3 Å². The molecule has 3 aromatic rings. The van der Waals surface area contributed by atoms with Gasteiger partial charge in [-0.3, -0.25) is 9.79 Å². The molecule has 160 valence electrons. The van der Waals surface area contributed by atoms with Crippen LogP contribution >= 0.6 is 24.0 Å². The van der Waals surface area contributed by atoms with Crippen molar-refractivity contribution in [1.82, 2.24) is 15.6 Å². The lowest BCUT2D eigenvalue weighted by atomic mass is 10.1. The maximum atomic E-state index is 11.1. The number of H-pyrrole nitrogens is 1. The number of hydrogen-bond donors (Lipinski definition) is 4. The van der Waals surface area contributed by atoms with Crippen LogP contribution < -0.4 is 16.0 Å². The number of guanidine groups is 1. The van der Waals surface area contributed by atoms with Crippen molar-refractivity contribution >= 4 is 52.4 Å². The lowest BCUT2D eigenvalue weighted by Gasteiger charge is -2.11. The maximum Gasteiger partial charge on any atom is 0.221 e. The smallest absolute Gasteiger partial charge is 0.221 e. The van der Waals surface area contributed by atoms with Crippen LogP contribution in [0.3, 0.4) is 0 Å². The number of anilines is 1. The van der Waals surface area contributed by atoms with Gasteiger partial charge in [0.25, 0.3) is 0 Å². The number of aliphatic imine (C=N–C) groups is 1. The summed E-state index contributed by atoms with van der Waals surface area (Å²) in [6.07, 6.45) is 3.85. The Kier molecular flexibility index (Phi) is 9.66. The lowest BCUT2D eigenvalue weighted by Crippen LogP contribution is -2.38. The van der Waals surface area contributed by atoms with Crippen molar-refractivity contribution in [2.45, 2.75) is 26.7 Å². The number of aromatic amines is 1. The van der Waals surface area contributed by atoms with Crippen LogP contribution in [0.5, 0.6) is 0 Å². The molecule has 0 aliphatic heterocycles. The van der Waals surface area contributed by atoms with E-state index in [1.165, 1.54) is 29.0 Å². The minimum Gasteiger partial charge on any atom is -0.361 e. The molecule has 1 heterocycles. The second kappa shape index (κ2) is 12.2. The standard InChI is InChI=1S/C23H29N5O.HI/c1-3-24-23(25-14-12-18-8-10-20(11-9-18)28-17(2)29)26-15-13-19-16-27-22-7-5-4-6-21(19)22;/h4-11,16,27H,3,12-15H2,1-2H3,(H,28,29)(H2,24,25,26);1H. The second-order valence-corrected chi connectivity index (χ2v) is 6.93. The zero-order chi connectivity index (χ0) is 20.5. The first-order valence-electron chi connectivity index (χ1n) is 10.1. The zero-order valence-electron chi connectivity index (χ0n) is 17.5. The van der Waals surface area contributed by atoms with Gasteiger partial charge in [-0.25, -0.2) is 0 Å². The number of benzene rings is 2. The summed E-state index contributed by atoms with van der Waals surface area (Å²) in [6.45, 7) is 5.92. The van der Waals surface area contributed by atoms with Crippen molar-refractivity contribution in [2.24, 2.45) is 4.99 Å². The topological polar surface area (TPSA) is 81.3 Å². The van der Waals surface area contributed by atoms with Crippen molar-refractivity contribution < 1.29 is 4.79 Å². The molecule has 6 nitrogen and oxygen atoms in total. The molecule has 0 bridgehead atoms. The van der Waals surface area contributed by atoms with Crippen LogP contribution in [0.4, 0.5) is 5.69 Å². The van der Waals surface area contributed by atoms with Crippen LogP contribution in [0.15, 0.2) is 59.7 Å². The number of nitrogens with one attached hydrogen (secondary N) is 4. The Labute approximate surface area is 195 Å². The number of carbonyl (C=O) groups excluding carboxylic acids is 1. The monoisotopic (exact) mass is 519 g/mol. The highest BCUT2D eigenvalue weighted by Crippen LogP contribution is 2.18. The average Bonchev–Trinajstić information content (AvgIpc) is 3.12. The van der Waals surface area contributed by atoms with Crippen molar-refractivity contribution in [3.05, 3.63) is 65.9 Å². The quantitative estimate of drug-likeness (QED) is 0.206. The van der Waals surface area contributed by atoms with Gasteiger partial charge in [0, 0.05) is 49.3 Å². The van der Waals surface area contributed by atoms with E-state index < -0.39 is 0 Å². The van der Waals surface area contributed by atoms with Crippen molar-refractivity contribution in [3.8, 4) is 0 Å². The second-order valence-electron chi connectivity index (χ2n) is 6.93. The molecule has 0 atom stereocenters. The van der Waals surface area contributed by atoms with Crippen molar-refractivity contribution in [2.75, 3.05) is 25.0 Å².